The smallest absolute Gasteiger partial charge is 0.354 e. The molecule has 1 aliphatic carbocycles. The Morgan fingerprint density at radius 1 is 1.12 bits per heavy atom. The van der Waals surface area contributed by atoms with E-state index < -0.39 is 17.3 Å². The number of amides is 3. The van der Waals surface area contributed by atoms with Gasteiger partial charge in [-0.3, -0.25) is 9.69 Å². The summed E-state index contributed by atoms with van der Waals surface area (Å²) in [6.07, 6.45) is -1.24. The molecule has 7 nitrogen and oxygen atoms in total. The fourth-order valence-electron chi connectivity index (χ4n) is 5.69. The quantitative estimate of drug-likeness (QED) is 0.712. The van der Waals surface area contributed by atoms with E-state index in [1.165, 1.54) is 11.0 Å². The second-order valence-electron chi connectivity index (χ2n) is 10.2. The number of hydrogen-bond acceptors (Lipinski definition) is 5. The van der Waals surface area contributed by atoms with Crippen LogP contribution in [0.2, 0.25) is 0 Å². The van der Waals surface area contributed by atoms with E-state index in [1.54, 1.807) is 0 Å². The minimum atomic E-state index is -4.41. The first-order valence-corrected chi connectivity index (χ1v) is 11.0. The summed E-state index contributed by atoms with van der Waals surface area (Å²) in [5, 5.41) is 3.00. The number of nitrogens with one attached hydrogen (secondary N) is 1. The number of piperazine rings is 1. The highest BCUT2D eigenvalue weighted by atomic mass is 19.4. The van der Waals surface area contributed by atoms with Crippen molar-refractivity contribution in [3.63, 3.8) is 0 Å². The van der Waals surface area contributed by atoms with Crippen LogP contribution >= 0.6 is 0 Å². The highest BCUT2D eigenvalue weighted by molar-refractivity contribution is 6.07. The molecule has 10 heteroatoms. The van der Waals surface area contributed by atoms with Crippen molar-refractivity contribution >= 4 is 17.8 Å². The molecule has 3 aliphatic rings. The van der Waals surface area contributed by atoms with E-state index in [9.17, 15) is 22.8 Å². The molecular formula is C22H30F3N5O2. The molecule has 2 atom stereocenters. The number of nitrogens with zero attached hydrogens (tertiary/aromatic N) is 4. The number of carbonyl (C=O) groups excluding carboxylic acids is 2. The summed E-state index contributed by atoms with van der Waals surface area (Å²) in [6, 6.07) is 2.08. The monoisotopic (exact) mass is 453 g/mol. The van der Waals surface area contributed by atoms with Crippen LogP contribution in [0.25, 0.3) is 0 Å². The largest absolute Gasteiger partial charge is 0.417 e. The van der Waals surface area contributed by atoms with Gasteiger partial charge in [0.2, 0.25) is 0 Å². The number of anilines is 1. The van der Waals surface area contributed by atoms with E-state index >= 15 is 0 Å². The lowest BCUT2D eigenvalue weighted by atomic mass is 9.64. The maximum absolute atomic E-state index is 13.3. The van der Waals surface area contributed by atoms with Crippen LogP contribution < -0.4 is 10.2 Å². The number of urea groups is 1. The van der Waals surface area contributed by atoms with Gasteiger partial charge >= 0.3 is 12.2 Å². The predicted octanol–water partition coefficient (Wildman–Crippen LogP) is 3.32. The van der Waals surface area contributed by atoms with E-state index in [2.05, 4.69) is 31.1 Å². The molecule has 3 heterocycles. The maximum Gasteiger partial charge on any atom is 0.417 e. The van der Waals surface area contributed by atoms with Gasteiger partial charge in [-0.05, 0) is 42.7 Å². The van der Waals surface area contributed by atoms with Crippen molar-refractivity contribution in [1.29, 1.82) is 0 Å². The number of pyridine rings is 1. The summed E-state index contributed by atoms with van der Waals surface area (Å²) in [6.45, 7) is 8.88. The van der Waals surface area contributed by atoms with Gasteiger partial charge in [0.25, 0.3) is 5.91 Å². The minimum absolute atomic E-state index is 0.0170. The Balaban J connectivity index is 1.36. The highest BCUT2D eigenvalue weighted by Gasteiger charge is 2.56. The Hall–Kier alpha value is -2.36. The standard InChI is InChI=1S/C22H30F3N5O2/c1-15-10-20(2,3)13-21(11-15)18(31)30(19(32)27-21)14-28-6-8-29(9-7-28)17-5-4-16(12-26-17)22(23,24)25/h4-5,12,15H,6-11,13-14H2,1-3H3,(H,27,32)/t15-,21+/m0/s1. The van der Waals surface area contributed by atoms with E-state index in [1.807, 2.05) is 9.80 Å². The molecule has 0 unspecified atom stereocenters. The predicted molar refractivity (Wildman–Crippen MR) is 113 cm³/mol. The van der Waals surface area contributed by atoms with Gasteiger partial charge in [0.05, 0.1) is 12.2 Å². The van der Waals surface area contributed by atoms with Gasteiger partial charge in [-0.1, -0.05) is 20.8 Å². The molecule has 1 saturated carbocycles. The van der Waals surface area contributed by atoms with E-state index in [0.29, 0.717) is 50.8 Å². The minimum Gasteiger partial charge on any atom is -0.354 e. The van der Waals surface area contributed by atoms with Crippen molar-refractivity contribution in [2.75, 3.05) is 37.7 Å². The average molecular weight is 454 g/mol. The third-order valence-corrected chi connectivity index (χ3v) is 6.74. The normalized spacial score (nSPS) is 29.0. The van der Waals surface area contributed by atoms with Gasteiger partial charge in [0.15, 0.2) is 0 Å². The Bertz CT molecular complexity index is 881. The molecule has 1 aromatic heterocycles. The van der Waals surface area contributed by atoms with Gasteiger partial charge < -0.3 is 10.2 Å². The molecule has 3 fully saturated rings. The van der Waals surface area contributed by atoms with Crippen LogP contribution in [-0.4, -0.2) is 65.1 Å². The Morgan fingerprint density at radius 3 is 2.38 bits per heavy atom. The van der Waals surface area contributed by atoms with Crippen LogP contribution in [0.5, 0.6) is 0 Å². The molecule has 1 aromatic rings. The first kappa shape index (κ1) is 22.8. The van der Waals surface area contributed by atoms with Gasteiger partial charge in [-0.2, -0.15) is 13.2 Å². The molecule has 1 spiro atoms. The van der Waals surface area contributed by atoms with Gasteiger partial charge in [-0.15, -0.1) is 0 Å². The van der Waals surface area contributed by atoms with Crippen LogP contribution in [0.1, 0.15) is 45.6 Å². The molecule has 176 valence electrons. The molecule has 32 heavy (non-hydrogen) atoms. The van der Waals surface area contributed by atoms with Gasteiger partial charge in [0.1, 0.15) is 11.4 Å². The molecule has 0 aromatic carbocycles. The topological polar surface area (TPSA) is 68.8 Å². The molecule has 1 N–H and O–H groups in total. The van der Waals surface area contributed by atoms with Gasteiger partial charge in [0, 0.05) is 32.4 Å². The molecule has 4 rings (SSSR count). The highest BCUT2D eigenvalue weighted by Crippen LogP contribution is 2.46. The Labute approximate surface area is 185 Å². The van der Waals surface area contributed by atoms with Crippen molar-refractivity contribution in [2.45, 2.75) is 51.7 Å². The van der Waals surface area contributed by atoms with Crippen LogP contribution in [0, 0.1) is 11.3 Å². The number of imide groups is 1. The third kappa shape index (κ3) is 4.42. The van der Waals surface area contributed by atoms with Crippen LogP contribution in [0.3, 0.4) is 0 Å². The van der Waals surface area contributed by atoms with Crippen molar-refractivity contribution in [1.82, 2.24) is 20.1 Å². The third-order valence-electron chi connectivity index (χ3n) is 6.74. The van der Waals surface area contributed by atoms with Gasteiger partial charge in [-0.25, -0.2) is 14.7 Å². The summed E-state index contributed by atoms with van der Waals surface area (Å²) in [5.41, 5.74) is -1.60. The molecule has 0 bridgehead atoms. The SMILES string of the molecule is C[C@H]1CC(C)(C)C[C@@]2(C1)NC(=O)N(CN1CCN(c3ccc(C(F)(F)F)cn3)CC1)C2=O. The van der Waals surface area contributed by atoms with E-state index in [-0.39, 0.29) is 24.0 Å². The summed E-state index contributed by atoms with van der Waals surface area (Å²) < 4.78 is 38.2. The maximum atomic E-state index is 13.3. The number of halogens is 3. The zero-order valence-electron chi connectivity index (χ0n) is 18.7. The number of rotatable bonds is 3. The van der Waals surface area contributed by atoms with Crippen LogP contribution in [0.15, 0.2) is 18.3 Å². The van der Waals surface area contributed by atoms with Crippen molar-refractivity contribution in [3.8, 4) is 0 Å². The lowest BCUT2D eigenvalue weighted by molar-refractivity contribution is -0.138. The molecule has 2 saturated heterocycles. The van der Waals surface area contributed by atoms with Crippen molar-refractivity contribution < 1.29 is 22.8 Å². The lowest BCUT2D eigenvalue weighted by Crippen LogP contribution is -2.55. The fourth-order valence-corrected chi connectivity index (χ4v) is 5.69. The average Bonchev–Trinajstić information content (AvgIpc) is 2.89. The Morgan fingerprint density at radius 2 is 1.81 bits per heavy atom. The van der Waals surface area contributed by atoms with Crippen LogP contribution in [-0.2, 0) is 11.0 Å². The van der Waals surface area contributed by atoms with Crippen molar-refractivity contribution in [2.24, 2.45) is 11.3 Å². The summed E-state index contributed by atoms with van der Waals surface area (Å²) in [4.78, 5) is 35.2. The molecule has 2 aliphatic heterocycles. The lowest BCUT2D eigenvalue weighted by Gasteiger charge is -2.44. The first-order chi connectivity index (χ1) is 14.9. The summed E-state index contributed by atoms with van der Waals surface area (Å²) in [5.74, 6) is 0.696. The van der Waals surface area contributed by atoms with E-state index in [0.717, 1.165) is 18.7 Å². The molecule has 3 amide bonds. The molecule has 0 radical (unpaired) electrons. The number of carbonyl (C=O) groups is 2. The zero-order chi connectivity index (χ0) is 23.3. The van der Waals surface area contributed by atoms with Crippen molar-refractivity contribution in [3.05, 3.63) is 23.9 Å². The summed E-state index contributed by atoms with van der Waals surface area (Å²) >= 11 is 0. The zero-order valence-corrected chi connectivity index (χ0v) is 18.7. The number of alkyl halides is 3. The molecular weight excluding hydrogens is 423 g/mol. The second-order valence-corrected chi connectivity index (χ2v) is 10.2. The van der Waals surface area contributed by atoms with E-state index in [4.69, 9.17) is 0 Å². The fraction of sp³-hybridized carbons (Fsp3) is 0.682. The van der Waals surface area contributed by atoms with Crippen LogP contribution in [0.4, 0.5) is 23.8 Å². The number of hydrogen-bond donors (Lipinski definition) is 1. The summed E-state index contributed by atoms with van der Waals surface area (Å²) in [7, 11) is 0. The second kappa shape index (κ2) is 7.90. The number of aromatic nitrogens is 1. The first-order valence-electron chi connectivity index (χ1n) is 11.0. The Kier molecular flexibility index (Phi) is 5.63.